The van der Waals surface area contributed by atoms with Gasteiger partial charge in [0.2, 0.25) is 5.91 Å². The van der Waals surface area contributed by atoms with Gasteiger partial charge >= 0.3 is 0 Å². The van der Waals surface area contributed by atoms with Crippen molar-refractivity contribution < 1.29 is 14.3 Å². The average molecular weight is 464 g/mol. The van der Waals surface area contributed by atoms with Gasteiger partial charge in [-0.25, -0.2) is 0 Å². The van der Waals surface area contributed by atoms with Gasteiger partial charge in [-0.3, -0.25) is 9.59 Å². The Balaban J connectivity index is 1.39. The van der Waals surface area contributed by atoms with Crippen molar-refractivity contribution >= 4 is 40.6 Å². The summed E-state index contributed by atoms with van der Waals surface area (Å²) in [5, 5.41) is 8.97. The Morgan fingerprint density at radius 3 is 2.03 bits per heavy atom. The molecule has 0 radical (unpaired) electrons. The van der Waals surface area contributed by atoms with Crippen LogP contribution in [0.5, 0.6) is 5.75 Å². The number of amides is 2. The third kappa shape index (κ3) is 6.58. The number of ether oxygens (including phenoxy) is 1. The number of methoxy groups -OCH3 is 1. The third-order valence-electron chi connectivity index (χ3n) is 5.18. The number of hydrogen-bond donors (Lipinski definition) is 3. The average Bonchev–Trinajstić information content (AvgIpc) is 2.90. The molecule has 0 saturated carbocycles. The molecular formula is C29H25N3O3. The van der Waals surface area contributed by atoms with E-state index in [0.717, 1.165) is 22.7 Å². The highest BCUT2D eigenvalue weighted by atomic mass is 16.5. The summed E-state index contributed by atoms with van der Waals surface area (Å²) in [4.78, 5) is 25.4. The molecule has 6 heteroatoms. The largest absolute Gasteiger partial charge is 0.497 e. The van der Waals surface area contributed by atoms with Gasteiger partial charge in [-0.1, -0.05) is 42.5 Å². The van der Waals surface area contributed by atoms with Gasteiger partial charge in [-0.2, -0.15) is 0 Å². The normalized spacial score (nSPS) is 10.5. The Morgan fingerprint density at radius 2 is 1.31 bits per heavy atom. The molecule has 4 aromatic rings. The maximum Gasteiger partial charge on any atom is 0.257 e. The standard InChI is InChI=1S/C29H25N3O3/c1-35-25-18-11-21(12-19-25)13-20-28(33)32-27-10-6-5-9-26(27)29(34)31-24-16-14-23(15-17-24)30-22-7-3-2-4-8-22/h2-20,30H,1H3,(H,31,34)(H,32,33). The first-order valence-corrected chi connectivity index (χ1v) is 11.1. The molecule has 174 valence electrons. The number of carbonyl (C=O) groups excluding carboxylic acids is 2. The summed E-state index contributed by atoms with van der Waals surface area (Å²) in [5.74, 6) is 0.0925. The Morgan fingerprint density at radius 1 is 0.686 bits per heavy atom. The fourth-order valence-corrected chi connectivity index (χ4v) is 3.37. The van der Waals surface area contributed by atoms with Gasteiger partial charge in [-0.05, 0) is 72.3 Å². The number of nitrogens with one attached hydrogen (secondary N) is 3. The molecule has 3 N–H and O–H groups in total. The predicted molar refractivity (Wildman–Crippen MR) is 141 cm³/mol. The SMILES string of the molecule is COc1ccc(C=CC(=O)Nc2ccccc2C(=O)Nc2ccc(Nc3ccccc3)cc2)cc1. The lowest BCUT2D eigenvalue weighted by Crippen LogP contribution is -2.17. The zero-order valence-electron chi connectivity index (χ0n) is 19.2. The Kier molecular flexibility index (Phi) is 7.56. The van der Waals surface area contributed by atoms with Gasteiger partial charge in [0.1, 0.15) is 5.75 Å². The van der Waals surface area contributed by atoms with E-state index >= 15 is 0 Å². The molecule has 4 aromatic carbocycles. The molecule has 0 atom stereocenters. The highest BCUT2D eigenvalue weighted by Gasteiger charge is 2.12. The number of benzene rings is 4. The van der Waals surface area contributed by atoms with Gasteiger partial charge in [0.15, 0.2) is 0 Å². The van der Waals surface area contributed by atoms with E-state index in [9.17, 15) is 9.59 Å². The van der Waals surface area contributed by atoms with Crippen LogP contribution in [0.4, 0.5) is 22.7 Å². The van der Waals surface area contributed by atoms with Crippen LogP contribution in [0.15, 0.2) is 109 Å². The van der Waals surface area contributed by atoms with Gasteiger partial charge in [0.25, 0.3) is 5.91 Å². The van der Waals surface area contributed by atoms with Crippen molar-refractivity contribution in [3.63, 3.8) is 0 Å². The zero-order chi connectivity index (χ0) is 24.5. The molecule has 0 unspecified atom stereocenters. The fourth-order valence-electron chi connectivity index (χ4n) is 3.37. The Labute approximate surface area is 204 Å². The minimum Gasteiger partial charge on any atom is -0.497 e. The number of rotatable bonds is 8. The van der Waals surface area contributed by atoms with Crippen LogP contribution < -0.4 is 20.7 Å². The van der Waals surface area contributed by atoms with Crippen molar-refractivity contribution in [3.05, 3.63) is 120 Å². The van der Waals surface area contributed by atoms with Crippen molar-refractivity contribution in [1.29, 1.82) is 0 Å². The molecule has 0 aliphatic rings. The van der Waals surface area contributed by atoms with E-state index in [2.05, 4.69) is 16.0 Å². The van der Waals surface area contributed by atoms with E-state index in [1.54, 1.807) is 37.5 Å². The summed E-state index contributed by atoms with van der Waals surface area (Å²) in [5.41, 5.74) is 4.19. The first kappa shape index (κ1) is 23.3. The molecule has 0 fully saturated rings. The molecule has 0 spiro atoms. The highest BCUT2D eigenvalue weighted by Crippen LogP contribution is 2.21. The maximum absolute atomic E-state index is 12.9. The molecule has 35 heavy (non-hydrogen) atoms. The van der Waals surface area contributed by atoms with Crippen LogP contribution in [0.2, 0.25) is 0 Å². The molecule has 6 nitrogen and oxygen atoms in total. The molecule has 0 aromatic heterocycles. The summed E-state index contributed by atoms with van der Waals surface area (Å²) in [6.07, 6.45) is 3.12. The van der Waals surface area contributed by atoms with E-state index in [1.807, 2.05) is 78.9 Å². The molecular weight excluding hydrogens is 438 g/mol. The molecule has 0 heterocycles. The molecule has 4 rings (SSSR count). The minimum atomic E-state index is -0.336. The number of carbonyl (C=O) groups is 2. The molecule has 0 aliphatic heterocycles. The Hall–Kier alpha value is -4.84. The van der Waals surface area contributed by atoms with E-state index in [0.29, 0.717) is 16.9 Å². The predicted octanol–water partition coefficient (Wildman–Crippen LogP) is 6.34. The summed E-state index contributed by atoms with van der Waals surface area (Å²) < 4.78 is 5.14. The number of para-hydroxylation sites is 2. The second-order valence-corrected chi connectivity index (χ2v) is 7.66. The number of anilines is 4. The van der Waals surface area contributed by atoms with Crippen LogP contribution in [-0.2, 0) is 4.79 Å². The van der Waals surface area contributed by atoms with Crippen molar-refractivity contribution in [2.45, 2.75) is 0 Å². The zero-order valence-corrected chi connectivity index (χ0v) is 19.2. The lowest BCUT2D eigenvalue weighted by molar-refractivity contribution is -0.111. The van der Waals surface area contributed by atoms with E-state index < -0.39 is 0 Å². The first-order valence-electron chi connectivity index (χ1n) is 11.1. The van der Waals surface area contributed by atoms with Gasteiger partial charge < -0.3 is 20.7 Å². The van der Waals surface area contributed by atoms with Crippen LogP contribution >= 0.6 is 0 Å². The van der Waals surface area contributed by atoms with Crippen LogP contribution in [0, 0.1) is 0 Å². The van der Waals surface area contributed by atoms with Crippen molar-refractivity contribution in [2.24, 2.45) is 0 Å². The van der Waals surface area contributed by atoms with Crippen LogP contribution in [0.3, 0.4) is 0 Å². The van der Waals surface area contributed by atoms with Gasteiger partial charge in [-0.15, -0.1) is 0 Å². The summed E-state index contributed by atoms with van der Waals surface area (Å²) in [6.45, 7) is 0. The smallest absolute Gasteiger partial charge is 0.257 e. The first-order chi connectivity index (χ1) is 17.1. The van der Waals surface area contributed by atoms with E-state index in [4.69, 9.17) is 4.74 Å². The lowest BCUT2D eigenvalue weighted by atomic mass is 10.1. The van der Waals surface area contributed by atoms with Crippen molar-refractivity contribution in [2.75, 3.05) is 23.1 Å². The van der Waals surface area contributed by atoms with E-state index in [-0.39, 0.29) is 11.8 Å². The van der Waals surface area contributed by atoms with Crippen molar-refractivity contribution in [1.82, 2.24) is 0 Å². The summed E-state index contributed by atoms with van der Waals surface area (Å²) in [7, 11) is 1.60. The molecule has 0 aliphatic carbocycles. The number of hydrogen-bond acceptors (Lipinski definition) is 4. The summed E-state index contributed by atoms with van der Waals surface area (Å²) in [6, 6.07) is 31.5. The third-order valence-corrected chi connectivity index (χ3v) is 5.18. The van der Waals surface area contributed by atoms with E-state index in [1.165, 1.54) is 6.08 Å². The Bertz CT molecular complexity index is 1320. The maximum atomic E-state index is 12.9. The van der Waals surface area contributed by atoms with Crippen LogP contribution in [0.25, 0.3) is 6.08 Å². The van der Waals surface area contributed by atoms with Gasteiger partial charge in [0, 0.05) is 23.1 Å². The fraction of sp³-hybridized carbons (Fsp3) is 0.0345. The van der Waals surface area contributed by atoms with Crippen LogP contribution in [0.1, 0.15) is 15.9 Å². The monoisotopic (exact) mass is 463 g/mol. The molecule has 0 bridgehead atoms. The lowest BCUT2D eigenvalue weighted by Gasteiger charge is -2.11. The van der Waals surface area contributed by atoms with Gasteiger partial charge in [0.05, 0.1) is 18.4 Å². The minimum absolute atomic E-state index is 0.316. The second-order valence-electron chi connectivity index (χ2n) is 7.66. The topological polar surface area (TPSA) is 79.5 Å². The quantitative estimate of drug-likeness (QED) is 0.266. The molecule has 0 saturated heterocycles. The molecule has 2 amide bonds. The highest BCUT2D eigenvalue weighted by molar-refractivity contribution is 6.11. The second kappa shape index (κ2) is 11.3. The van der Waals surface area contributed by atoms with Crippen molar-refractivity contribution in [3.8, 4) is 5.75 Å². The summed E-state index contributed by atoms with van der Waals surface area (Å²) >= 11 is 0. The van der Waals surface area contributed by atoms with Crippen LogP contribution in [-0.4, -0.2) is 18.9 Å².